The summed E-state index contributed by atoms with van der Waals surface area (Å²) in [6, 6.07) is 0. The van der Waals surface area contributed by atoms with Gasteiger partial charge in [-0.15, -0.1) is 11.6 Å². The van der Waals surface area contributed by atoms with E-state index < -0.39 is 0 Å². The second-order valence-corrected chi connectivity index (χ2v) is 4.52. The van der Waals surface area contributed by atoms with E-state index in [4.69, 9.17) is 30.5 Å². The highest BCUT2D eigenvalue weighted by molar-refractivity contribution is 6.17. The van der Waals surface area contributed by atoms with E-state index in [0.717, 1.165) is 31.9 Å². The van der Waals surface area contributed by atoms with Crippen LogP contribution in [0.15, 0.2) is 0 Å². The van der Waals surface area contributed by atoms with Crippen LogP contribution in [0.25, 0.3) is 0 Å². The highest BCUT2D eigenvalue weighted by Crippen LogP contribution is 2.00. The standard InChI is InChI=1S/C14H29ClO4/c1-2-16-9-10-18-13-14-19-12-11-17-8-6-4-3-5-7-15/h2-14H2,1H3. The minimum absolute atomic E-state index is 0.616. The van der Waals surface area contributed by atoms with Crippen molar-refractivity contribution < 1.29 is 18.9 Å². The van der Waals surface area contributed by atoms with Gasteiger partial charge in [-0.1, -0.05) is 12.8 Å². The van der Waals surface area contributed by atoms with Gasteiger partial charge in [0.25, 0.3) is 0 Å². The van der Waals surface area contributed by atoms with Crippen LogP contribution in [0.5, 0.6) is 0 Å². The molecule has 0 atom stereocenters. The fraction of sp³-hybridized carbons (Fsp3) is 1.00. The molecule has 4 nitrogen and oxygen atoms in total. The molecule has 19 heavy (non-hydrogen) atoms. The SMILES string of the molecule is CCOCCOCCOCCOCCCCCCCl. The second kappa shape index (κ2) is 18.1. The summed E-state index contributed by atoms with van der Waals surface area (Å²) in [5.41, 5.74) is 0. The maximum absolute atomic E-state index is 5.59. The molecule has 116 valence electrons. The molecule has 0 aliphatic rings. The van der Waals surface area contributed by atoms with E-state index in [1.165, 1.54) is 12.8 Å². The Bertz CT molecular complexity index is 142. The summed E-state index contributed by atoms with van der Waals surface area (Å²) in [4.78, 5) is 0. The zero-order valence-corrected chi connectivity index (χ0v) is 13.0. The fourth-order valence-corrected chi connectivity index (χ4v) is 1.65. The van der Waals surface area contributed by atoms with Crippen LogP contribution in [0.4, 0.5) is 0 Å². The van der Waals surface area contributed by atoms with Gasteiger partial charge in [-0.25, -0.2) is 0 Å². The Kier molecular flexibility index (Phi) is 18.3. The van der Waals surface area contributed by atoms with Gasteiger partial charge in [0.2, 0.25) is 0 Å². The van der Waals surface area contributed by atoms with E-state index in [1.54, 1.807) is 0 Å². The Morgan fingerprint density at radius 2 is 1.05 bits per heavy atom. The summed E-state index contributed by atoms with van der Waals surface area (Å²) in [6.07, 6.45) is 4.61. The number of halogens is 1. The van der Waals surface area contributed by atoms with Gasteiger partial charge in [0.15, 0.2) is 0 Å². The molecule has 0 rings (SSSR count). The lowest BCUT2D eigenvalue weighted by Gasteiger charge is -2.07. The van der Waals surface area contributed by atoms with Gasteiger partial charge in [0, 0.05) is 19.1 Å². The average molecular weight is 297 g/mol. The molecule has 0 unspecified atom stereocenters. The van der Waals surface area contributed by atoms with Gasteiger partial charge in [0.1, 0.15) is 0 Å². The topological polar surface area (TPSA) is 36.9 Å². The summed E-state index contributed by atoms with van der Waals surface area (Å²) in [7, 11) is 0. The number of alkyl halides is 1. The lowest BCUT2D eigenvalue weighted by Crippen LogP contribution is -2.12. The molecule has 0 aliphatic heterocycles. The van der Waals surface area contributed by atoms with Crippen LogP contribution in [0.3, 0.4) is 0 Å². The number of hydrogen-bond acceptors (Lipinski definition) is 4. The molecule has 0 heterocycles. The average Bonchev–Trinajstić information content (AvgIpc) is 2.43. The molecular weight excluding hydrogens is 268 g/mol. The van der Waals surface area contributed by atoms with Gasteiger partial charge in [-0.2, -0.15) is 0 Å². The summed E-state index contributed by atoms with van der Waals surface area (Å²) < 4.78 is 21.3. The van der Waals surface area contributed by atoms with Crippen LogP contribution < -0.4 is 0 Å². The molecule has 0 fully saturated rings. The van der Waals surface area contributed by atoms with Gasteiger partial charge >= 0.3 is 0 Å². The van der Waals surface area contributed by atoms with Crippen LogP contribution in [-0.4, -0.2) is 58.7 Å². The molecule has 0 aliphatic carbocycles. The summed E-state index contributed by atoms with van der Waals surface area (Å²) >= 11 is 5.59. The predicted octanol–water partition coefficient (Wildman–Crippen LogP) is 2.87. The van der Waals surface area contributed by atoms with Crippen molar-refractivity contribution in [3.05, 3.63) is 0 Å². The Morgan fingerprint density at radius 1 is 0.579 bits per heavy atom. The minimum atomic E-state index is 0.616. The predicted molar refractivity (Wildman–Crippen MR) is 78.1 cm³/mol. The zero-order valence-electron chi connectivity index (χ0n) is 12.2. The fourth-order valence-electron chi connectivity index (χ4n) is 1.46. The summed E-state index contributed by atoms with van der Waals surface area (Å²) in [6.45, 7) is 7.35. The molecule has 0 saturated heterocycles. The molecule has 0 saturated carbocycles. The quantitative estimate of drug-likeness (QED) is 0.324. The molecule has 5 heteroatoms. The van der Waals surface area contributed by atoms with E-state index in [2.05, 4.69) is 0 Å². The van der Waals surface area contributed by atoms with Crippen molar-refractivity contribution in [2.24, 2.45) is 0 Å². The lowest BCUT2D eigenvalue weighted by molar-refractivity contribution is -0.000833. The first-order valence-electron chi connectivity index (χ1n) is 7.28. The van der Waals surface area contributed by atoms with Crippen molar-refractivity contribution in [3.8, 4) is 0 Å². The molecular formula is C14H29ClO4. The lowest BCUT2D eigenvalue weighted by atomic mass is 10.2. The normalized spacial score (nSPS) is 11.1. The van der Waals surface area contributed by atoms with Crippen molar-refractivity contribution in [2.45, 2.75) is 32.6 Å². The second-order valence-electron chi connectivity index (χ2n) is 4.14. The highest BCUT2D eigenvalue weighted by atomic mass is 35.5. The van der Waals surface area contributed by atoms with Gasteiger partial charge in [0.05, 0.1) is 39.6 Å². The number of unbranched alkanes of at least 4 members (excludes halogenated alkanes) is 3. The van der Waals surface area contributed by atoms with Gasteiger partial charge in [-0.3, -0.25) is 0 Å². The Labute approximate surface area is 122 Å². The first-order valence-corrected chi connectivity index (χ1v) is 7.82. The molecule has 0 aromatic heterocycles. The third kappa shape index (κ3) is 18.1. The van der Waals surface area contributed by atoms with Crippen LogP contribution in [0.1, 0.15) is 32.6 Å². The molecule has 0 aromatic carbocycles. The van der Waals surface area contributed by atoms with Crippen molar-refractivity contribution in [1.29, 1.82) is 0 Å². The molecule has 0 radical (unpaired) electrons. The molecule has 0 N–H and O–H groups in total. The van der Waals surface area contributed by atoms with E-state index in [9.17, 15) is 0 Å². The van der Waals surface area contributed by atoms with Crippen LogP contribution in [-0.2, 0) is 18.9 Å². The monoisotopic (exact) mass is 296 g/mol. The number of rotatable bonds is 16. The van der Waals surface area contributed by atoms with Gasteiger partial charge < -0.3 is 18.9 Å². The summed E-state index contributed by atoms with van der Waals surface area (Å²) in [5, 5.41) is 0. The third-order valence-electron chi connectivity index (χ3n) is 2.49. The number of hydrogen-bond donors (Lipinski definition) is 0. The maximum Gasteiger partial charge on any atom is 0.0701 e. The third-order valence-corrected chi connectivity index (χ3v) is 2.76. The highest BCUT2D eigenvalue weighted by Gasteiger charge is 1.93. The Balaban J connectivity index is 2.88. The van der Waals surface area contributed by atoms with Gasteiger partial charge in [-0.05, 0) is 19.8 Å². The molecule has 0 bridgehead atoms. The molecule has 0 spiro atoms. The van der Waals surface area contributed by atoms with E-state index in [-0.39, 0.29) is 0 Å². The molecule has 0 amide bonds. The van der Waals surface area contributed by atoms with E-state index >= 15 is 0 Å². The zero-order chi connectivity index (χ0) is 14.0. The van der Waals surface area contributed by atoms with Crippen LogP contribution >= 0.6 is 11.6 Å². The van der Waals surface area contributed by atoms with Crippen LogP contribution in [0, 0.1) is 0 Å². The van der Waals surface area contributed by atoms with Crippen molar-refractivity contribution >= 4 is 11.6 Å². The minimum Gasteiger partial charge on any atom is -0.379 e. The van der Waals surface area contributed by atoms with Crippen molar-refractivity contribution in [1.82, 2.24) is 0 Å². The van der Waals surface area contributed by atoms with E-state index in [0.29, 0.717) is 39.6 Å². The Morgan fingerprint density at radius 3 is 1.58 bits per heavy atom. The Hall–Kier alpha value is 0.130. The maximum atomic E-state index is 5.59. The molecule has 0 aromatic rings. The largest absolute Gasteiger partial charge is 0.379 e. The van der Waals surface area contributed by atoms with Crippen molar-refractivity contribution in [3.63, 3.8) is 0 Å². The smallest absolute Gasteiger partial charge is 0.0701 e. The van der Waals surface area contributed by atoms with Crippen LogP contribution in [0.2, 0.25) is 0 Å². The first kappa shape index (κ1) is 19.1. The summed E-state index contributed by atoms with van der Waals surface area (Å²) in [5.74, 6) is 0.765. The first-order chi connectivity index (χ1) is 9.41. The number of ether oxygens (including phenoxy) is 4. The van der Waals surface area contributed by atoms with E-state index in [1.807, 2.05) is 6.92 Å². The van der Waals surface area contributed by atoms with Crippen molar-refractivity contribution in [2.75, 3.05) is 58.7 Å².